The molecule has 0 aliphatic rings. The molecular formula is C21H16ClN3O5. The molecule has 0 bridgehead atoms. The zero-order valence-electron chi connectivity index (χ0n) is 15.7. The first kappa shape index (κ1) is 20.8. The third-order valence-electron chi connectivity index (χ3n) is 3.91. The first-order valence-electron chi connectivity index (χ1n) is 8.67. The third kappa shape index (κ3) is 5.12. The molecule has 3 aromatic rings. The van der Waals surface area contributed by atoms with Gasteiger partial charge in [0.15, 0.2) is 0 Å². The Balaban J connectivity index is 1.68. The molecule has 0 unspecified atom stereocenters. The number of rotatable bonds is 6. The fourth-order valence-corrected chi connectivity index (χ4v) is 2.78. The first-order valence-corrected chi connectivity index (χ1v) is 9.05. The summed E-state index contributed by atoms with van der Waals surface area (Å²) in [4.78, 5) is 34.5. The van der Waals surface area contributed by atoms with Gasteiger partial charge in [-0.1, -0.05) is 17.7 Å². The number of aromatic carboxylic acids is 1. The van der Waals surface area contributed by atoms with Crippen molar-refractivity contribution < 1.29 is 23.9 Å². The highest BCUT2D eigenvalue weighted by Gasteiger charge is 2.12. The maximum Gasteiger partial charge on any atom is 0.337 e. The molecule has 0 atom stereocenters. The normalized spacial score (nSPS) is 10.7. The van der Waals surface area contributed by atoms with Crippen molar-refractivity contribution in [3.05, 3.63) is 76.5 Å². The van der Waals surface area contributed by atoms with Gasteiger partial charge < -0.3 is 14.8 Å². The standard InChI is InChI=1S/C21H16ClN3O5/c1-12(26)24-15-4-2-3-14(9-15)20(27)25-23-11-16-6-8-19(30-16)13-5-7-18(22)17(10-13)21(28)29/h2-11H,1H3,(H,24,26)(H,25,27)(H,28,29). The summed E-state index contributed by atoms with van der Waals surface area (Å²) in [5.41, 5.74) is 3.69. The number of carbonyl (C=O) groups is 3. The zero-order valence-corrected chi connectivity index (χ0v) is 16.4. The van der Waals surface area contributed by atoms with Crippen molar-refractivity contribution in [2.75, 3.05) is 5.32 Å². The largest absolute Gasteiger partial charge is 0.478 e. The van der Waals surface area contributed by atoms with E-state index in [-0.39, 0.29) is 16.5 Å². The molecule has 0 aliphatic heterocycles. The summed E-state index contributed by atoms with van der Waals surface area (Å²) in [5.74, 6) is -1.07. The van der Waals surface area contributed by atoms with Crippen molar-refractivity contribution in [1.29, 1.82) is 0 Å². The average Bonchev–Trinajstić information content (AvgIpc) is 3.16. The van der Waals surface area contributed by atoms with E-state index in [1.807, 2.05) is 0 Å². The van der Waals surface area contributed by atoms with Crippen molar-refractivity contribution in [2.45, 2.75) is 6.92 Å². The van der Waals surface area contributed by atoms with E-state index in [0.717, 1.165) is 0 Å². The Morgan fingerprint density at radius 3 is 2.63 bits per heavy atom. The molecule has 3 N–H and O–H groups in total. The van der Waals surface area contributed by atoms with Gasteiger partial charge in [-0.2, -0.15) is 5.10 Å². The molecule has 0 fully saturated rings. The maximum atomic E-state index is 12.2. The third-order valence-corrected chi connectivity index (χ3v) is 4.24. The summed E-state index contributed by atoms with van der Waals surface area (Å²) in [6, 6.07) is 14.2. The highest BCUT2D eigenvalue weighted by Crippen LogP contribution is 2.26. The van der Waals surface area contributed by atoms with Gasteiger partial charge in [0.2, 0.25) is 5.91 Å². The number of carboxylic acids is 1. The second kappa shape index (κ2) is 9.06. The predicted octanol–water partition coefficient (Wildman–Crippen LogP) is 4.02. The molecule has 0 saturated heterocycles. The van der Waals surface area contributed by atoms with Crippen molar-refractivity contribution in [3.63, 3.8) is 0 Å². The Bertz CT molecular complexity index is 1150. The lowest BCUT2D eigenvalue weighted by atomic mass is 10.1. The fourth-order valence-electron chi connectivity index (χ4n) is 2.58. The number of nitrogens with one attached hydrogen (secondary N) is 2. The highest BCUT2D eigenvalue weighted by atomic mass is 35.5. The SMILES string of the molecule is CC(=O)Nc1cccc(C(=O)NN=Cc2ccc(-c3ccc(Cl)c(C(=O)O)c3)o2)c1. The van der Waals surface area contributed by atoms with Crippen LogP contribution in [0.3, 0.4) is 0 Å². The number of hydrogen-bond acceptors (Lipinski definition) is 5. The van der Waals surface area contributed by atoms with E-state index in [9.17, 15) is 14.4 Å². The number of carbonyl (C=O) groups excluding carboxylic acids is 2. The summed E-state index contributed by atoms with van der Waals surface area (Å²) in [6.45, 7) is 1.38. The Morgan fingerprint density at radius 1 is 1.10 bits per heavy atom. The van der Waals surface area contributed by atoms with Gasteiger partial charge in [0.25, 0.3) is 5.91 Å². The van der Waals surface area contributed by atoms with Gasteiger partial charge in [0, 0.05) is 23.7 Å². The van der Waals surface area contributed by atoms with E-state index in [0.29, 0.717) is 28.3 Å². The topological polar surface area (TPSA) is 121 Å². The minimum Gasteiger partial charge on any atom is -0.478 e. The predicted molar refractivity (Wildman–Crippen MR) is 112 cm³/mol. The van der Waals surface area contributed by atoms with E-state index in [1.165, 1.54) is 31.3 Å². The number of carboxylic acid groups (broad SMARTS) is 1. The number of hydrogen-bond donors (Lipinski definition) is 3. The molecule has 1 heterocycles. The van der Waals surface area contributed by atoms with Crippen LogP contribution in [0.4, 0.5) is 5.69 Å². The minimum atomic E-state index is -1.14. The second-order valence-corrected chi connectivity index (χ2v) is 6.57. The van der Waals surface area contributed by atoms with Crippen LogP contribution < -0.4 is 10.7 Å². The number of benzene rings is 2. The monoisotopic (exact) mass is 425 g/mol. The minimum absolute atomic E-state index is 0.0328. The van der Waals surface area contributed by atoms with Gasteiger partial charge in [0.1, 0.15) is 11.5 Å². The van der Waals surface area contributed by atoms with Crippen LogP contribution in [-0.2, 0) is 4.79 Å². The lowest BCUT2D eigenvalue weighted by Gasteiger charge is -2.04. The molecule has 1 aromatic heterocycles. The first-order chi connectivity index (χ1) is 14.3. The van der Waals surface area contributed by atoms with Crippen molar-refractivity contribution in [2.24, 2.45) is 5.10 Å². The van der Waals surface area contributed by atoms with Gasteiger partial charge in [-0.15, -0.1) is 0 Å². The van der Waals surface area contributed by atoms with E-state index in [1.54, 1.807) is 36.4 Å². The van der Waals surface area contributed by atoms with E-state index in [4.69, 9.17) is 21.1 Å². The van der Waals surface area contributed by atoms with Gasteiger partial charge in [0.05, 0.1) is 16.8 Å². The van der Waals surface area contributed by atoms with Gasteiger partial charge in [-0.05, 0) is 48.5 Å². The van der Waals surface area contributed by atoms with Gasteiger partial charge in [-0.25, -0.2) is 10.2 Å². The quantitative estimate of drug-likeness (QED) is 0.407. The Kier molecular flexibility index (Phi) is 6.29. The summed E-state index contributed by atoms with van der Waals surface area (Å²) in [6.07, 6.45) is 1.31. The zero-order chi connectivity index (χ0) is 21.7. The number of furan rings is 1. The van der Waals surface area contributed by atoms with Crippen LogP contribution in [0.25, 0.3) is 11.3 Å². The molecular weight excluding hydrogens is 410 g/mol. The number of anilines is 1. The highest BCUT2D eigenvalue weighted by molar-refractivity contribution is 6.33. The van der Waals surface area contributed by atoms with Crippen LogP contribution in [0.1, 0.15) is 33.4 Å². The van der Waals surface area contributed by atoms with Crippen LogP contribution in [-0.4, -0.2) is 29.1 Å². The molecule has 152 valence electrons. The van der Waals surface area contributed by atoms with E-state index < -0.39 is 11.9 Å². The van der Waals surface area contributed by atoms with Crippen LogP contribution in [0.15, 0.2) is 64.1 Å². The summed E-state index contributed by atoms with van der Waals surface area (Å²) in [5, 5.41) is 15.7. The number of hydrazone groups is 1. The molecule has 30 heavy (non-hydrogen) atoms. The molecule has 0 spiro atoms. The smallest absolute Gasteiger partial charge is 0.337 e. The van der Waals surface area contributed by atoms with Gasteiger partial charge in [-0.3, -0.25) is 9.59 Å². The number of halogens is 1. The number of nitrogens with zero attached hydrogens (tertiary/aromatic N) is 1. The van der Waals surface area contributed by atoms with Crippen LogP contribution >= 0.6 is 11.6 Å². The molecule has 0 radical (unpaired) electrons. The molecule has 9 heteroatoms. The number of amides is 2. The van der Waals surface area contributed by atoms with E-state index in [2.05, 4.69) is 15.8 Å². The average molecular weight is 426 g/mol. The van der Waals surface area contributed by atoms with Crippen molar-refractivity contribution >= 4 is 41.3 Å². The lowest BCUT2D eigenvalue weighted by molar-refractivity contribution is -0.114. The second-order valence-electron chi connectivity index (χ2n) is 6.16. The summed E-state index contributed by atoms with van der Waals surface area (Å²) >= 11 is 5.87. The molecule has 2 aromatic carbocycles. The van der Waals surface area contributed by atoms with Crippen molar-refractivity contribution in [3.8, 4) is 11.3 Å². The van der Waals surface area contributed by atoms with Crippen LogP contribution in [0, 0.1) is 0 Å². The summed E-state index contributed by atoms with van der Waals surface area (Å²) in [7, 11) is 0. The molecule has 8 nitrogen and oxygen atoms in total. The Labute approximate surface area is 176 Å². The summed E-state index contributed by atoms with van der Waals surface area (Å²) < 4.78 is 5.61. The van der Waals surface area contributed by atoms with Crippen molar-refractivity contribution in [1.82, 2.24) is 5.43 Å². The Morgan fingerprint density at radius 2 is 1.90 bits per heavy atom. The van der Waals surface area contributed by atoms with Crippen LogP contribution in [0.5, 0.6) is 0 Å². The molecule has 2 amide bonds. The Hall–Kier alpha value is -3.91. The van der Waals surface area contributed by atoms with Gasteiger partial charge >= 0.3 is 5.97 Å². The molecule has 0 saturated carbocycles. The molecule has 0 aliphatic carbocycles. The van der Waals surface area contributed by atoms with E-state index >= 15 is 0 Å². The van der Waals surface area contributed by atoms with Crippen LogP contribution in [0.2, 0.25) is 5.02 Å². The lowest BCUT2D eigenvalue weighted by Crippen LogP contribution is -2.18. The molecule has 3 rings (SSSR count). The maximum absolute atomic E-state index is 12.2. The fraction of sp³-hybridized carbons (Fsp3) is 0.0476.